The van der Waals surface area contributed by atoms with Gasteiger partial charge in [-0.1, -0.05) is 18.2 Å². The van der Waals surface area contributed by atoms with Gasteiger partial charge in [0.15, 0.2) is 0 Å². The van der Waals surface area contributed by atoms with Crippen molar-refractivity contribution in [2.24, 2.45) is 0 Å². The number of allylic oxidation sites excluding steroid dienone is 1. The molecule has 2 aromatic carbocycles. The first-order valence-corrected chi connectivity index (χ1v) is 12.8. The maximum atomic E-state index is 15.2. The molecule has 0 saturated carbocycles. The summed E-state index contributed by atoms with van der Waals surface area (Å²) in [6.45, 7) is 7.39. The zero-order valence-electron chi connectivity index (χ0n) is 20.8. The number of amides is 1. The number of halogens is 6. The second-order valence-electron chi connectivity index (χ2n) is 9.10. The van der Waals surface area contributed by atoms with Gasteiger partial charge in [-0.3, -0.25) is 9.00 Å². The molecular formula is C26H29F6NO2S. The third-order valence-corrected chi connectivity index (χ3v) is 6.84. The predicted octanol–water partition coefficient (Wildman–Crippen LogP) is 6.88. The van der Waals surface area contributed by atoms with Gasteiger partial charge < -0.3 is 5.32 Å². The molecule has 2 unspecified atom stereocenters. The van der Waals surface area contributed by atoms with E-state index in [4.69, 9.17) is 0 Å². The lowest BCUT2D eigenvalue weighted by Gasteiger charge is -2.23. The van der Waals surface area contributed by atoms with Gasteiger partial charge in [-0.05, 0) is 68.2 Å². The number of nitrogens with one attached hydrogen (secondary N) is 1. The fraction of sp³-hybridized carbons (Fsp3) is 0.423. The Balaban J connectivity index is 2.54. The SMILES string of the molecule is Cc1cc(C(/C=C(\F)c2ccc(C(=O)N[C@H](C)CS(C)=O)c(C(F)(F)F)c2)C(C)(F)F)cc(C)c1C. The second-order valence-corrected chi connectivity index (χ2v) is 10.6. The number of hydrogen-bond donors (Lipinski definition) is 1. The number of benzene rings is 2. The summed E-state index contributed by atoms with van der Waals surface area (Å²) in [5.74, 6) is -7.45. The molecule has 0 heterocycles. The largest absolute Gasteiger partial charge is 0.417 e. The summed E-state index contributed by atoms with van der Waals surface area (Å²) in [6, 6.07) is 4.51. The molecule has 198 valence electrons. The van der Waals surface area contributed by atoms with Crippen molar-refractivity contribution in [2.75, 3.05) is 12.0 Å². The van der Waals surface area contributed by atoms with Gasteiger partial charge in [0.05, 0.1) is 17.0 Å². The van der Waals surface area contributed by atoms with E-state index in [0.29, 0.717) is 19.1 Å². The van der Waals surface area contributed by atoms with Crippen LogP contribution in [0.4, 0.5) is 26.3 Å². The van der Waals surface area contributed by atoms with E-state index in [1.165, 1.54) is 25.3 Å². The van der Waals surface area contributed by atoms with Crippen molar-refractivity contribution >= 4 is 22.5 Å². The maximum Gasteiger partial charge on any atom is 0.417 e. The van der Waals surface area contributed by atoms with E-state index in [-0.39, 0.29) is 11.3 Å². The first kappa shape index (κ1) is 29.6. The van der Waals surface area contributed by atoms with Gasteiger partial charge in [0.1, 0.15) is 5.83 Å². The Bertz CT molecular complexity index is 1160. The molecule has 0 aliphatic rings. The normalized spacial score (nSPS) is 15.4. The predicted molar refractivity (Wildman–Crippen MR) is 130 cm³/mol. The summed E-state index contributed by atoms with van der Waals surface area (Å²) in [5, 5.41) is 2.34. The van der Waals surface area contributed by atoms with E-state index in [1.807, 2.05) is 6.92 Å². The monoisotopic (exact) mass is 533 g/mol. The van der Waals surface area contributed by atoms with Gasteiger partial charge in [-0.15, -0.1) is 0 Å². The molecule has 36 heavy (non-hydrogen) atoms. The van der Waals surface area contributed by atoms with E-state index in [1.54, 1.807) is 13.8 Å². The van der Waals surface area contributed by atoms with Crippen LogP contribution in [0.15, 0.2) is 36.4 Å². The highest BCUT2D eigenvalue weighted by Crippen LogP contribution is 2.39. The van der Waals surface area contributed by atoms with Crippen LogP contribution in [-0.2, 0) is 17.0 Å². The van der Waals surface area contributed by atoms with Crippen molar-refractivity contribution in [1.82, 2.24) is 5.32 Å². The Hall–Kier alpha value is -2.62. The summed E-state index contributed by atoms with van der Waals surface area (Å²) >= 11 is 0. The molecule has 0 fully saturated rings. The molecule has 3 atom stereocenters. The Kier molecular flexibility index (Phi) is 9.20. The molecule has 0 bridgehead atoms. The van der Waals surface area contributed by atoms with E-state index in [2.05, 4.69) is 5.32 Å². The van der Waals surface area contributed by atoms with E-state index < -0.39 is 63.3 Å². The van der Waals surface area contributed by atoms with Crippen LogP contribution in [0, 0.1) is 20.8 Å². The number of alkyl halides is 5. The smallest absolute Gasteiger partial charge is 0.349 e. The fourth-order valence-corrected chi connectivity index (χ4v) is 4.63. The minimum Gasteiger partial charge on any atom is -0.349 e. The number of carbonyl (C=O) groups excluding carboxylic acids is 1. The van der Waals surface area contributed by atoms with Gasteiger partial charge in [0.2, 0.25) is 0 Å². The molecule has 0 aliphatic heterocycles. The third-order valence-electron chi connectivity index (χ3n) is 5.88. The molecule has 0 aromatic heterocycles. The van der Waals surface area contributed by atoms with Crippen LogP contribution >= 0.6 is 0 Å². The highest BCUT2D eigenvalue weighted by Gasteiger charge is 2.37. The highest BCUT2D eigenvalue weighted by atomic mass is 32.2. The van der Waals surface area contributed by atoms with Crippen LogP contribution < -0.4 is 5.32 Å². The lowest BCUT2D eigenvalue weighted by atomic mass is 9.88. The first-order valence-electron chi connectivity index (χ1n) is 11.1. The van der Waals surface area contributed by atoms with E-state index >= 15 is 4.39 Å². The van der Waals surface area contributed by atoms with Gasteiger partial charge in [0.25, 0.3) is 11.8 Å². The highest BCUT2D eigenvalue weighted by molar-refractivity contribution is 7.84. The lowest BCUT2D eigenvalue weighted by molar-refractivity contribution is -0.138. The summed E-state index contributed by atoms with van der Waals surface area (Å²) in [6.07, 6.45) is -3.02. The molecule has 3 nitrogen and oxygen atoms in total. The quantitative estimate of drug-likeness (QED) is 0.376. The average molecular weight is 534 g/mol. The summed E-state index contributed by atoms with van der Waals surface area (Å²) in [5.41, 5.74) is -0.274. The van der Waals surface area contributed by atoms with Gasteiger partial charge in [0, 0.05) is 41.3 Å². The third kappa shape index (κ3) is 7.44. The van der Waals surface area contributed by atoms with E-state index in [9.17, 15) is 31.0 Å². The Morgan fingerprint density at radius 2 is 1.61 bits per heavy atom. The maximum absolute atomic E-state index is 15.2. The molecule has 0 saturated heterocycles. The van der Waals surface area contributed by atoms with Crippen molar-refractivity contribution in [2.45, 2.75) is 58.7 Å². The van der Waals surface area contributed by atoms with Crippen LogP contribution in [0.25, 0.3) is 5.83 Å². The van der Waals surface area contributed by atoms with Crippen LogP contribution in [-0.4, -0.2) is 34.1 Å². The van der Waals surface area contributed by atoms with Crippen molar-refractivity contribution in [3.8, 4) is 0 Å². The van der Waals surface area contributed by atoms with Crippen LogP contribution in [0.1, 0.15) is 63.5 Å². The summed E-state index contributed by atoms with van der Waals surface area (Å²) < 4.78 is 96.7. The number of hydrogen-bond acceptors (Lipinski definition) is 2. The van der Waals surface area contributed by atoms with Crippen molar-refractivity contribution in [1.29, 1.82) is 0 Å². The molecule has 1 amide bonds. The number of carbonyl (C=O) groups is 1. The van der Waals surface area contributed by atoms with Crippen LogP contribution in [0.3, 0.4) is 0 Å². The topological polar surface area (TPSA) is 46.2 Å². The summed E-state index contributed by atoms with van der Waals surface area (Å²) in [4.78, 5) is 12.5. The Labute approximate surface area is 209 Å². The first-order chi connectivity index (χ1) is 16.4. The number of aryl methyl sites for hydroxylation is 2. The van der Waals surface area contributed by atoms with Crippen molar-refractivity contribution in [3.05, 3.63) is 75.4 Å². The molecule has 2 aromatic rings. The molecular weight excluding hydrogens is 504 g/mol. The van der Waals surface area contributed by atoms with Gasteiger partial charge in [-0.2, -0.15) is 13.2 Å². The number of rotatable bonds is 8. The minimum absolute atomic E-state index is 0.0348. The molecule has 1 N–H and O–H groups in total. The minimum atomic E-state index is -5.01. The van der Waals surface area contributed by atoms with Gasteiger partial charge >= 0.3 is 6.18 Å². The van der Waals surface area contributed by atoms with Gasteiger partial charge in [-0.25, -0.2) is 13.2 Å². The van der Waals surface area contributed by atoms with Crippen molar-refractivity contribution in [3.63, 3.8) is 0 Å². The van der Waals surface area contributed by atoms with Crippen LogP contribution in [0.5, 0.6) is 0 Å². The molecule has 10 heteroatoms. The zero-order valence-corrected chi connectivity index (χ0v) is 21.6. The second kappa shape index (κ2) is 11.2. The molecule has 2 rings (SSSR count). The standard InChI is InChI=1S/C26H29F6NO2S/c1-14-9-19(10-15(2)17(14)4)21(25(5,28)29)12-23(27)18-7-8-20(22(11-18)26(30,31)32)24(34)33-16(3)13-36(6)35/h7-12,16,21H,13H2,1-6H3,(H,33,34)/b23-12-/t16-,21?,36?/m1/s1. The average Bonchev–Trinajstić information content (AvgIpc) is 2.72. The molecule has 0 spiro atoms. The zero-order chi connectivity index (χ0) is 27.6. The molecule has 0 radical (unpaired) electrons. The van der Waals surface area contributed by atoms with Crippen LogP contribution in [0.2, 0.25) is 0 Å². The molecule has 0 aliphatic carbocycles. The lowest BCUT2D eigenvalue weighted by Crippen LogP contribution is -2.37. The van der Waals surface area contributed by atoms with E-state index in [0.717, 1.165) is 28.8 Å². The van der Waals surface area contributed by atoms with Crippen molar-refractivity contribution < 1.29 is 35.3 Å². The Morgan fingerprint density at radius 1 is 1.06 bits per heavy atom. The Morgan fingerprint density at radius 3 is 2.08 bits per heavy atom. The fourth-order valence-electron chi connectivity index (χ4n) is 3.85. The summed E-state index contributed by atoms with van der Waals surface area (Å²) in [7, 11) is -1.29.